The van der Waals surface area contributed by atoms with Crippen LogP contribution < -0.4 is 10.3 Å². The number of sulfonamides is 1. The molecule has 2 aromatic heterocycles. The molecular formula is C16H16N4O3S. The number of benzene rings is 1. The molecule has 0 bridgehead atoms. The van der Waals surface area contributed by atoms with Crippen LogP contribution in [0.2, 0.25) is 0 Å². The maximum atomic E-state index is 12.5. The smallest absolute Gasteiger partial charge is 0.266 e. The monoisotopic (exact) mass is 344 g/mol. The second-order valence-electron chi connectivity index (χ2n) is 5.27. The molecule has 3 rings (SSSR count). The Balaban J connectivity index is 1.81. The minimum Gasteiger partial charge on any atom is -0.268 e. The van der Waals surface area contributed by atoms with Gasteiger partial charge in [0.2, 0.25) is 10.0 Å². The van der Waals surface area contributed by atoms with Gasteiger partial charge < -0.3 is 0 Å². The second-order valence-corrected chi connectivity index (χ2v) is 7.00. The van der Waals surface area contributed by atoms with Gasteiger partial charge in [0, 0.05) is 24.2 Å². The summed E-state index contributed by atoms with van der Waals surface area (Å²) in [5.41, 5.74) is 0.834. The molecule has 7 nitrogen and oxygen atoms in total. The molecule has 8 heteroatoms. The SMILES string of the molecule is Cc1ccc(=O)n(CCNS(=O)(=O)c2cccc3cccnc23)n1. The molecule has 0 spiro atoms. The van der Waals surface area contributed by atoms with Crippen molar-refractivity contribution in [1.82, 2.24) is 19.5 Å². The predicted molar refractivity (Wildman–Crippen MR) is 90.2 cm³/mol. The van der Waals surface area contributed by atoms with Gasteiger partial charge in [0.05, 0.1) is 17.8 Å². The molecule has 24 heavy (non-hydrogen) atoms. The Kier molecular flexibility index (Phi) is 4.41. The van der Waals surface area contributed by atoms with Gasteiger partial charge in [-0.1, -0.05) is 18.2 Å². The zero-order valence-electron chi connectivity index (χ0n) is 13.0. The highest BCUT2D eigenvalue weighted by atomic mass is 32.2. The van der Waals surface area contributed by atoms with Crippen molar-refractivity contribution in [3.8, 4) is 0 Å². The normalized spacial score (nSPS) is 11.7. The number of hydrogen-bond donors (Lipinski definition) is 1. The standard InChI is InChI=1S/C16H16N4O3S/c1-12-7-8-15(21)20(19-12)11-10-18-24(22,23)14-6-2-4-13-5-3-9-17-16(13)14/h2-9,18H,10-11H2,1H3. The Labute approximate surface area is 139 Å². The fraction of sp³-hybridized carbons (Fsp3) is 0.188. The first kappa shape index (κ1) is 16.3. The van der Waals surface area contributed by atoms with Crippen molar-refractivity contribution in [2.24, 2.45) is 0 Å². The molecular weight excluding hydrogens is 328 g/mol. The van der Waals surface area contributed by atoms with Crippen LogP contribution in [0.25, 0.3) is 10.9 Å². The third kappa shape index (κ3) is 3.34. The number of hydrogen-bond acceptors (Lipinski definition) is 5. The Morgan fingerprint density at radius 2 is 1.92 bits per heavy atom. The molecule has 0 amide bonds. The topological polar surface area (TPSA) is 94.0 Å². The van der Waals surface area contributed by atoms with E-state index in [9.17, 15) is 13.2 Å². The quantitative estimate of drug-likeness (QED) is 0.747. The molecule has 1 N–H and O–H groups in total. The lowest BCUT2D eigenvalue weighted by molar-refractivity contribution is 0.544. The maximum absolute atomic E-state index is 12.5. The summed E-state index contributed by atoms with van der Waals surface area (Å²) in [6, 6.07) is 11.6. The summed E-state index contributed by atoms with van der Waals surface area (Å²) in [5.74, 6) is 0. The molecule has 0 saturated carbocycles. The lowest BCUT2D eigenvalue weighted by Gasteiger charge is -2.09. The number of pyridine rings is 1. The lowest BCUT2D eigenvalue weighted by atomic mass is 10.2. The first-order valence-electron chi connectivity index (χ1n) is 7.35. The first-order valence-corrected chi connectivity index (χ1v) is 8.84. The minimum absolute atomic E-state index is 0.0575. The summed E-state index contributed by atoms with van der Waals surface area (Å²) in [5, 5.41) is 4.82. The van der Waals surface area contributed by atoms with E-state index >= 15 is 0 Å². The van der Waals surface area contributed by atoms with Crippen LogP contribution in [-0.4, -0.2) is 29.7 Å². The van der Waals surface area contributed by atoms with Crippen LogP contribution in [0.15, 0.2) is 58.4 Å². The zero-order chi connectivity index (χ0) is 17.2. The first-order chi connectivity index (χ1) is 11.5. The molecule has 0 aliphatic carbocycles. The highest BCUT2D eigenvalue weighted by Gasteiger charge is 2.17. The van der Waals surface area contributed by atoms with Crippen LogP contribution in [-0.2, 0) is 16.6 Å². The van der Waals surface area contributed by atoms with E-state index in [1.807, 2.05) is 0 Å². The zero-order valence-corrected chi connectivity index (χ0v) is 13.8. The molecule has 0 aliphatic rings. The van der Waals surface area contributed by atoms with Crippen LogP contribution in [0.5, 0.6) is 0 Å². The van der Waals surface area contributed by atoms with E-state index in [2.05, 4.69) is 14.8 Å². The van der Waals surface area contributed by atoms with Crippen LogP contribution in [0.4, 0.5) is 0 Å². The summed E-state index contributed by atoms with van der Waals surface area (Å²) in [6.45, 7) is 1.97. The van der Waals surface area contributed by atoms with Crippen LogP contribution in [0.1, 0.15) is 5.69 Å². The summed E-state index contributed by atoms with van der Waals surface area (Å²) < 4.78 is 28.8. The van der Waals surface area contributed by atoms with Crippen molar-refractivity contribution in [2.45, 2.75) is 18.4 Å². The van der Waals surface area contributed by atoms with Gasteiger partial charge >= 0.3 is 0 Å². The fourth-order valence-electron chi connectivity index (χ4n) is 2.37. The fourth-order valence-corrected chi connectivity index (χ4v) is 3.57. The number of nitrogens with one attached hydrogen (secondary N) is 1. The van der Waals surface area contributed by atoms with E-state index in [-0.39, 0.29) is 23.5 Å². The molecule has 0 radical (unpaired) electrons. The Morgan fingerprint density at radius 1 is 1.12 bits per heavy atom. The third-order valence-corrected chi connectivity index (χ3v) is 4.99. The summed E-state index contributed by atoms with van der Waals surface area (Å²) in [7, 11) is -3.74. The molecule has 2 heterocycles. The molecule has 0 unspecified atom stereocenters. The molecule has 0 saturated heterocycles. The highest BCUT2D eigenvalue weighted by molar-refractivity contribution is 7.89. The van der Waals surface area contributed by atoms with Crippen molar-refractivity contribution in [3.05, 3.63) is 64.7 Å². The highest BCUT2D eigenvalue weighted by Crippen LogP contribution is 2.20. The van der Waals surface area contributed by atoms with Crippen molar-refractivity contribution in [1.29, 1.82) is 0 Å². The van der Waals surface area contributed by atoms with Gasteiger partial charge in [-0.2, -0.15) is 5.10 Å². The number of aryl methyl sites for hydroxylation is 1. The van der Waals surface area contributed by atoms with Gasteiger partial charge in [-0.3, -0.25) is 9.78 Å². The predicted octanol–water partition coefficient (Wildman–Crippen LogP) is 1.08. The van der Waals surface area contributed by atoms with Gasteiger partial charge in [-0.15, -0.1) is 0 Å². The van der Waals surface area contributed by atoms with Gasteiger partial charge in [0.1, 0.15) is 4.90 Å². The lowest BCUT2D eigenvalue weighted by Crippen LogP contribution is -2.32. The van der Waals surface area contributed by atoms with Gasteiger partial charge in [-0.05, 0) is 25.1 Å². The van der Waals surface area contributed by atoms with E-state index in [4.69, 9.17) is 0 Å². The van der Waals surface area contributed by atoms with Crippen molar-refractivity contribution in [3.63, 3.8) is 0 Å². The average molecular weight is 344 g/mol. The Hall–Kier alpha value is -2.58. The van der Waals surface area contributed by atoms with Crippen LogP contribution in [0, 0.1) is 6.92 Å². The number of aromatic nitrogens is 3. The Bertz CT molecular complexity index is 1040. The molecule has 3 aromatic rings. The Morgan fingerprint density at radius 3 is 2.75 bits per heavy atom. The summed E-state index contributed by atoms with van der Waals surface area (Å²) >= 11 is 0. The maximum Gasteiger partial charge on any atom is 0.266 e. The van der Waals surface area contributed by atoms with Crippen molar-refractivity contribution in [2.75, 3.05) is 6.54 Å². The summed E-state index contributed by atoms with van der Waals surface area (Å²) in [6.07, 6.45) is 1.55. The molecule has 0 atom stereocenters. The summed E-state index contributed by atoms with van der Waals surface area (Å²) in [4.78, 5) is 16.0. The second kappa shape index (κ2) is 6.50. The van der Waals surface area contributed by atoms with Crippen molar-refractivity contribution < 1.29 is 8.42 Å². The number of para-hydroxylation sites is 1. The molecule has 0 fully saturated rings. The van der Waals surface area contributed by atoms with Gasteiger partial charge in [0.15, 0.2) is 0 Å². The number of nitrogens with zero attached hydrogens (tertiary/aromatic N) is 3. The van der Waals surface area contributed by atoms with Crippen molar-refractivity contribution >= 4 is 20.9 Å². The molecule has 124 valence electrons. The average Bonchev–Trinajstić information content (AvgIpc) is 2.57. The van der Waals surface area contributed by atoms with Crippen LogP contribution in [0.3, 0.4) is 0 Å². The number of fused-ring (bicyclic) bond motifs is 1. The van der Waals surface area contributed by atoms with E-state index in [1.54, 1.807) is 43.5 Å². The molecule has 0 aliphatic heterocycles. The minimum atomic E-state index is -3.74. The number of rotatable bonds is 5. The van der Waals surface area contributed by atoms with Gasteiger partial charge in [0.25, 0.3) is 5.56 Å². The van der Waals surface area contributed by atoms with E-state index in [0.29, 0.717) is 11.2 Å². The largest absolute Gasteiger partial charge is 0.268 e. The van der Waals surface area contributed by atoms with Crippen LogP contribution >= 0.6 is 0 Å². The van der Waals surface area contributed by atoms with E-state index in [0.717, 1.165) is 5.39 Å². The van der Waals surface area contributed by atoms with E-state index < -0.39 is 10.0 Å². The van der Waals surface area contributed by atoms with E-state index in [1.165, 1.54) is 16.8 Å². The third-order valence-electron chi connectivity index (χ3n) is 3.50. The molecule has 1 aromatic carbocycles. The van der Waals surface area contributed by atoms with Gasteiger partial charge in [-0.25, -0.2) is 17.8 Å².